The molecular weight excluding hydrogens is 234 g/mol. The average Bonchev–Trinajstić information content (AvgIpc) is 2.80. The largest absolute Gasteiger partial charge is 0.485 e. The number of benzene rings is 1. The van der Waals surface area contributed by atoms with Crippen LogP contribution in [0.4, 0.5) is 0 Å². The number of rotatable bonds is 4. The summed E-state index contributed by atoms with van der Waals surface area (Å²) in [6, 6.07) is 9.42. The Morgan fingerprint density at radius 1 is 1.41 bits per heavy atom. The van der Waals surface area contributed by atoms with Gasteiger partial charge < -0.3 is 14.9 Å². The van der Waals surface area contributed by atoms with E-state index in [2.05, 4.69) is 0 Å². The molecule has 2 aromatic rings. The summed E-state index contributed by atoms with van der Waals surface area (Å²) in [5.74, 6) is 1.44. The third-order valence-electron chi connectivity index (χ3n) is 2.35. The maximum atomic E-state index is 5.66. The molecule has 0 aliphatic carbocycles. The summed E-state index contributed by atoms with van der Waals surface area (Å²) in [5.41, 5.74) is 7.51. The van der Waals surface area contributed by atoms with Gasteiger partial charge in [0.05, 0.1) is 11.8 Å². The lowest BCUT2D eigenvalue weighted by Gasteiger charge is -2.10. The highest BCUT2D eigenvalue weighted by Gasteiger charge is 2.07. The van der Waals surface area contributed by atoms with Gasteiger partial charge in [0.1, 0.15) is 23.1 Å². The van der Waals surface area contributed by atoms with E-state index in [1.54, 1.807) is 6.26 Å². The van der Waals surface area contributed by atoms with Crippen LogP contribution in [0.2, 0.25) is 0 Å². The summed E-state index contributed by atoms with van der Waals surface area (Å²) >= 11 is 5.00. The van der Waals surface area contributed by atoms with Crippen LogP contribution < -0.4 is 10.5 Å². The number of nitrogens with two attached hydrogens (primary N) is 1. The molecule has 88 valence electrons. The number of hydrogen-bond acceptors (Lipinski definition) is 3. The molecule has 2 N–H and O–H groups in total. The molecule has 1 aromatic carbocycles. The Bertz CT molecular complexity index is 520. The Labute approximate surface area is 105 Å². The summed E-state index contributed by atoms with van der Waals surface area (Å²) in [7, 11) is 0. The van der Waals surface area contributed by atoms with Gasteiger partial charge in [-0.15, -0.1) is 0 Å². The smallest absolute Gasteiger partial charge is 0.146 e. The molecule has 1 aromatic heterocycles. The third-order valence-corrected chi connectivity index (χ3v) is 2.57. The van der Waals surface area contributed by atoms with Gasteiger partial charge in [0.25, 0.3) is 0 Å². The zero-order chi connectivity index (χ0) is 12.3. The van der Waals surface area contributed by atoms with Crippen LogP contribution in [0.3, 0.4) is 0 Å². The van der Waals surface area contributed by atoms with Crippen molar-refractivity contribution in [3.8, 4) is 5.75 Å². The van der Waals surface area contributed by atoms with Crippen molar-refractivity contribution in [2.24, 2.45) is 5.73 Å². The minimum Gasteiger partial charge on any atom is -0.485 e. The molecule has 0 fully saturated rings. The standard InChI is InChI=1S/C13H13NO2S/c1-9-4-5-12(11(7-9)13(14)17)16-8-10-3-2-6-15-10/h2-7H,8H2,1H3,(H2,14,17). The Hall–Kier alpha value is -1.81. The van der Waals surface area contributed by atoms with Crippen LogP contribution in [0.15, 0.2) is 41.0 Å². The van der Waals surface area contributed by atoms with Crippen LogP contribution in [0, 0.1) is 6.92 Å². The highest BCUT2D eigenvalue weighted by Crippen LogP contribution is 2.21. The van der Waals surface area contributed by atoms with Crippen molar-refractivity contribution in [3.05, 3.63) is 53.5 Å². The van der Waals surface area contributed by atoms with E-state index in [0.29, 0.717) is 17.3 Å². The normalized spacial score (nSPS) is 10.2. The lowest BCUT2D eigenvalue weighted by molar-refractivity contribution is 0.270. The van der Waals surface area contributed by atoms with E-state index in [1.165, 1.54) is 0 Å². The van der Waals surface area contributed by atoms with Crippen molar-refractivity contribution in [3.63, 3.8) is 0 Å². The predicted molar refractivity (Wildman–Crippen MR) is 70.1 cm³/mol. The fourth-order valence-corrected chi connectivity index (χ4v) is 1.67. The minimum atomic E-state index is 0.336. The number of hydrogen-bond donors (Lipinski definition) is 1. The molecule has 0 unspecified atom stereocenters. The van der Waals surface area contributed by atoms with Crippen LogP contribution in [0.25, 0.3) is 0 Å². The molecule has 4 heteroatoms. The van der Waals surface area contributed by atoms with Crippen molar-refractivity contribution in [2.45, 2.75) is 13.5 Å². The van der Waals surface area contributed by atoms with E-state index in [9.17, 15) is 0 Å². The fourth-order valence-electron chi connectivity index (χ4n) is 1.51. The Kier molecular flexibility index (Phi) is 3.44. The van der Waals surface area contributed by atoms with Gasteiger partial charge in [-0.1, -0.05) is 23.8 Å². The highest BCUT2D eigenvalue weighted by molar-refractivity contribution is 7.80. The highest BCUT2D eigenvalue weighted by atomic mass is 32.1. The van der Waals surface area contributed by atoms with Gasteiger partial charge in [-0.05, 0) is 31.2 Å². The fraction of sp³-hybridized carbons (Fsp3) is 0.154. The van der Waals surface area contributed by atoms with E-state index in [4.69, 9.17) is 27.1 Å². The second-order valence-electron chi connectivity index (χ2n) is 3.73. The van der Waals surface area contributed by atoms with Crippen molar-refractivity contribution in [2.75, 3.05) is 0 Å². The van der Waals surface area contributed by atoms with Crippen LogP contribution in [-0.2, 0) is 6.61 Å². The summed E-state index contributed by atoms with van der Waals surface area (Å²) < 4.78 is 10.8. The van der Waals surface area contributed by atoms with Gasteiger partial charge in [0, 0.05) is 0 Å². The van der Waals surface area contributed by atoms with E-state index >= 15 is 0 Å². The zero-order valence-electron chi connectivity index (χ0n) is 9.47. The maximum absolute atomic E-state index is 5.66. The van der Waals surface area contributed by atoms with Gasteiger partial charge in [-0.2, -0.15) is 0 Å². The topological polar surface area (TPSA) is 48.4 Å². The molecule has 0 aliphatic rings. The molecule has 17 heavy (non-hydrogen) atoms. The van der Waals surface area contributed by atoms with Crippen LogP contribution in [0.5, 0.6) is 5.75 Å². The second kappa shape index (κ2) is 5.01. The summed E-state index contributed by atoms with van der Waals surface area (Å²) in [6.07, 6.45) is 1.61. The van der Waals surface area contributed by atoms with Crippen LogP contribution in [0.1, 0.15) is 16.9 Å². The molecule has 2 rings (SSSR count). The lowest BCUT2D eigenvalue weighted by Crippen LogP contribution is -2.12. The minimum absolute atomic E-state index is 0.336. The molecule has 0 radical (unpaired) electrons. The van der Waals surface area contributed by atoms with Crippen molar-refractivity contribution < 1.29 is 9.15 Å². The van der Waals surface area contributed by atoms with E-state index in [1.807, 2.05) is 37.3 Å². The van der Waals surface area contributed by atoms with Gasteiger partial charge in [0.15, 0.2) is 0 Å². The summed E-state index contributed by atoms with van der Waals surface area (Å²) in [4.78, 5) is 0.336. The number of furan rings is 1. The van der Waals surface area contributed by atoms with E-state index < -0.39 is 0 Å². The molecule has 0 saturated carbocycles. The molecule has 1 heterocycles. The monoisotopic (exact) mass is 247 g/mol. The predicted octanol–water partition coefficient (Wildman–Crippen LogP) is 2.80. The first-order valence-corrected chi connectivity index (χ1v) is 5.63. The molecule has 0 saturated heterocycles. The Balaban J connectivity index is 2.17. The average molecular weight is 247 g/mol. The maximum Gasteiger partial charge on any atom is 0.146 e. The third kappa shape index (κ3) is 2.85. The number of ether oxygens (including phenoxy) is 1. The van der Waals surface area contributed by atoms with Crippen molar-refractivity contribution in [1.29, 1.82) is 0 Å². The van der Waals surface area contributed by atoms with Gasteiger partial charge in [-0.25, -0.2) is 0 Å². The van der Waals surface area contributed by atoms with Crippen molar-refractivity contribution in [1.82, 2.24) is 0 Å². The first-order valence-electron chi connectivity index (χ1n) is 5.22. The molecular formula is C13H13NO2S. The first-order chi connectivity index (χ1) is 8.16. The molecule has 3 nitrogen and oxygen atoms in total. The quantitative estimate of drug-likeness (QED) is 0.844. The molecule has 0 bridgehead atoms. The van der Waals surface area contributed by atoms with Gasteiger partial charge >= 0.3 is 0 Å². The SMILES string of the molecule is Cc1ccc(OCc2ccco2)c(C(N)=S)c1. The number of thiocarbonyl (C=S) groups is 1. The van der Waals surface area contributed by atoms with Crippen LogP contribution >= 0.6 is 12.2 Å². The lowest BCUT2D eigenvalue weighted by atomic mass is 10.1. The zero-order valence-corrected chi connectivity index (χ0v) is 10.3. The summed E-state index contributed by atoms with van der Waals surface area (Å²) in [5, 5.41) is 0. The van der Waals surface area contributed by atoms with E-state index in [-0.39, 0.29) is 0 Å². The molecule has 0 spiro atoms. The van der Waals surface area contributed by atoms with Crippen LogP contribution in [-0.4, -0.2) is 4.99 Å². The van der Waals surface area contributed by atoms with Crippen molar-refractivity contribution >= 4 is 17.2 Å². The Morgan fingerprint density at radius 3 is 2.88 bits per heavy atom. The molecule has 0 amide bonds. The van der Waals surface area contributed by atoms with E-state index in [0.717, 1.165) is 16.9 Å². The second-order valence-corrected chi connectivity index (χ2v) is 4.17. The number of aryl methyl sites for hydroxylation is 1. The first kappa shape index (κ1) is 11.7. The van der Waals surface area contributed by atoms with Gasteiger partial charge in [-0.3, -0.25) is 0 Å². The molecule has 0 aliphatic heterocycles. The van der Waals surface area contributed by atoms with Gasteiger partial charge in [0.2, 0.25) is 0 Å². The Morgan fingerprint density at radius 2 is 2.24 bits per heavy atom. The molecule has 0 atom stereocenters. The summed E-state index contributed by atoms with van der Waals surface area (Å²) in [6.45, 7) is 2.35.